The highest BCUT2D eigenvalue weighted by molar-refractivity contribution is 6.27. The third-order valence-electron chi connectivity index (χ3n) is 9.00. The highest BCUT2D eigenvalue weighted by Gasteiger charge is 2.76. The minimum Gasteiger partial charge on any atom is -0.489 e. The number of hydrogen-bond donors (Lipinski definition) is 1. The zero-order valence-electron chi connectivity index (χ0n) is 24.0. The van der Waals surface area contributed by atoms with E-state index in [1.165, 1.54) is 11.1 Å². The van der Waals surface area contributed by atoms with Crippen molar-refractivity contribution < 1.29 is 24.2 Å². The fourth-order valence-corrected chi connectivity index (χ4v) is 6.83. The molecule has 3 rings (SSSR count). The van der Waals surface area contributed by atoms with E-state index < -0.39 is 33.9 Å². The number of ketones is 3. The summed E-state index contributed by atoms with van der Waals surface area (Å²) < 4.78 is 6.41. The molecule has 3 aliphatic rings. The Balaban J connectivity index is 2.38. The molecule has 1 heterocycles. The lowest BCUT2D eigenvalue weighted by Gasteiger charge is -2.60. The molecule has 0 amide bonds. The topological polar surface area (TPSA) is 80.7 Å². The van der Waals surface area contributed by atoms with Gasteiger partial charge in [-0.3, -0.25) is 14.4 Å². The Morgan fingerprint density at radius 3 is 2.19 bits per heavy atom. The lowest BCUT2D eigenvalue weighted by molar-refractivity contribution is -0.180. The Morgan fingerprint density at radius 1 is 1.11 bits per heavy atom. The highest BCUT2D eigenvalue weighted by Crippen LogP contribution is 2.69. The third kappa shape index (κ3) is 4.15. The van der Waals surface area contributed by atoms with Crippen molar-refractivity contribution in [1.82, 2.24) is 0 Å². The first-order valence-electron chi connectivity index (χ1n) is 13.5. The Labute approximate surface area is 217 Å². The molecular weight excluding hydrogens is 452 g/mol. The van der Waals surface area contributed by atoms with Gasteiger partial charge in [0.15, 0.2) is 22.8 Å². The molecule has 0 aromatic carbocycles. The molecule has 0 unspecified atom stereocenters. The van der Waals surface area contributed by atoms with E-state index in [0.717, 1.165) is 6.42 Å². The maximum atomic E-state index is 14.7. The number of allylic oxidation sites excluding steroid dienone is 5. The van der Waals surface area contributed by atoms with Crippen LogP contribution in [0.2, 0.25) is 0 Å². The van der Waals surface area contributed by atoms with Crippen LogP contribution in [0.1, 0.15) is 101 Å². The average molecular weight is 499 g/mol. The zero-order chi connectivity index (χ0) is 27.4. The van der Waals surface area contributed by atoms with Crippen LogP contribution in [0.15, 0.2) is 34.6 Å². The predicted molar refractivity (Wildman–Crippen MR) is 142 cm³/mol. The molecule has 2 bridgehead atoms. The molecule has 200 valence electrons. The molecule has 5 nitrogen and oxygen atoms in total. The number of rotatable bonds is 8. The van der Waals surface area contributed by atoms with E-state index in [2.05, 4.69) is 32.9 Å². The molecule has 1 fully saturated rings. The molecule has 0 aromatic rings. The predicted octanol–water partition coefficient (Wildman–Crippen LogP) is 6.30. The van der Waals surface area contributed by atoms with Gasteiger partial charge in [-0.05, 0) is 85.5 Å². The number of Topliss-reactive ketones (excluding diaryl/α,β-unsaturated/α-hetero) is 3. The second-order valence-electron chi connectivity index (χ2n) is 13.2. The van der Waals surface area contributed by atoms with Gasteiger partial charge >= 0.3 is 0 Å². The summed E-state index contributed by atoms with van der Waals surface area (Å²) in [5.74, 6) is -0.947. The molecule has 0 aromatic heterocycles. The van der Waals surface area contributed by atoms with E-state index in [-0.39, 0.29) is 35.4 Å². The van der Waals surface area contributed by atoms with Gasteiger partial charge in [0.05, 0.1) is 11.0 Å². The van der Waals surface area contributed by atoms with Crippen LogP contribution in [0.3, 0.4) is 0 Å². The highest BCUT2D eigenvalue weighted by atomic mass is 16.5. The average Bonchev–Trinajstić information content (AvgIpc) is 3.20. The van der Waals surface area contributed by atoms with Gasteiger partial charge in [-0.1, -0.05) is 44.1 Å². The maximum Gasteiger partial charge on any atom is 0.175 e. The second kappa shape index (κ2) is 9.38. The quantitative estimate of drug-likeness (QED) is 0.314. The van der Waals surface area contributed by atoms with Crippen LogP contribution in [-0.4, -0.2) is 34.2 Å². The van der Waals surface area contributed by atoms with Crippen LogP contribution >= 0.6 is 0 Å². The molecule has 1 saturated carbocycles. The number of carbonyl (C=O) groups excluding carboxylic acids is 3. The lowest BCUT2D eigenvalue weighted by atomic mass is 9.39. The minimum atomic E-state index is -1.55. The molecule has 5 heteroatoms. The first kappa shape index (κ1) is 28.6. The zero-order valence-corrected chi connectivity index (χ0v) is 24.0. The SMILES string of the molecule is CC(C)=CCC[C@]1(C)[C@@H](CC=C(C)C)C[C@]2(C)C(=O)C3=C(O[C@@H](C(C)(C)O)C3)[C@@]1(C(=O)C(C)C)C2=O. The summed E-state index contributed by atoms with van der Waals surface area (Å²) >= 11 is 0. The van der Waals surface area contributed by atoms with Gasteiger partial charge in [0.2, 0.25) is 0 Å². The Kier molecular flexibility index (Phi) is 7.44. The van der Waals surface area contributed by atoms with Crippen LogP contribution in [-0.2, 0) is 19.1 Å². The number of carbonyl (C=O) groups is 3. The third-order valence-corrected chi connectivity index (χ3v) is 9.00. The van der Waals surface area contributed by atoms with E-state index >= 15 is 0 Å². The van der Waals surface area contributed by atoms with Gasteiger partial charge in [-0.15, -0.1) is 0 Å². The normalized spacial score (nSPS) is 33.9. The first-order chi connectivity index (χ1) is 16.4. The first-order valence-corrected chi connectivity index (χ1v) is 13.5. The van der Waals surface area contributed by atoms with Gasteiger partial charge in [-0.2, -0.15) is 0 Å². The lowest BCUT2D eigenvalue weighted by Crippen LogP contribution is -2.69. The minimum absolute atomic E-state index is 0.0638. The smallest absolute Gasteiger partial charge is 0.175 e. The van der Waals surface area contributed by atoms with Crippen molar-refractivity contribution in [3.8, 4) is 0 Å². The van der Waals surface area contributed by atoms with Gasteiger partial charge in [0, 0.05) is 17.9 Å². The molecule has 0 saturated heterocycles. The van der Waals surface area contributed by atoms with Gasteiger partial charge < -0.3 is 9.84 Å². The molecular formula is C31H46O5. The van der Waals surface area contributed by atoms with Crippen molar-refractivity contribution >= 4 is 17.3 Å². The molecule has 5 atom stereocenters. The summed E-state index contributed by atoms with van der Waals surface area (Å²) in [6.45, 7) is 19.0. The summed E-state index contributed by atoms with van der Waals surface area (Å²) in [6.07, 6.45) is 6.32. The summed E-state index contributed by atoms with van der Waals surface area (Å²) in [7, 11) is 0. The van der Waals surface area contributed by atoms with Crippen molar-refractivity contribution in [2.24, 2.45) is 28.1 Å². The number of aliphatic hydroxyl groups is 1. The van der Waals surface area contributed by atoms with E-state index in [0.29, 0.717) is 24.8 Å². The fraction of sp³-hybridized carbons (Fsp3) is 0.710. The van der Waals surface area contributed by atoms with Gasteiger partial charge in [0.1, 0.15) is 11.9 Å². The monoisotopic (exact) mass is 498 g/mol. The van der Waals surface area contributed by atoms with Crippen molar-refractivity contribution in [1.29, 1.82) is 0 Å². The van der Waals surface area contributed by atoms with Crippen LogP contribution in [0.4, 0.5) is 0 Å². The van der Waals surface area contributed by atoms with Crippen molar-refractivity contribution in [2.75, 3.05) is 0 Å². The largest absolute Gasteiger partial charge is 0.489 e. The summed E-state index contributed by atoms with van der Waals surface area (Å²) in [5.41, 5.74) is -2.01. The van der Waals surface area contributed by atoms with Crippen molar-refractivity contribution in [3.05, 3.63) is 34.6 Å². The molecule has 36 heavy (non-hydrogen) atoms. The van der Waals surface area contributed by atoms with Crippen LogP contribution in [0.5, 0.6) is 0 Å². The Bertz CT molecular complexity index is 1040. The van der Waals surface area contributed by atoms with E-state index in [9.17, 15) is 19.5 Å². The van der Waals surface area contributed by atoms with E-state index in [1.807, 2.05) is 27.7 Å². The molecule has 1 aliphatic heterocycles. The summed E-state index contributed by atoms with van der Waals surface area (Å²) in [6, 6.07) is 0. The molecule has 1 N–H and O–H groups in total. The summed E-state index contributed by atoms with van der Waals surface area (Å²) in [5, 5.41) is 10.8. The molecule has 0 radical (unpaired) electrons. The second-order valence-corrected chi connectivity index (χ2v) is 13.2. The number of hydrogen-bond acceptors (Lipinski definition) is 5. The summed E-state index contributed by atoms with van der Waals surface area (Å²) in [4.78, 5) is 43.1. The van der Waals surface area contributed by atoms with Crippen molar-refractivity contribution in [3.63, 3.8) is 0 Å². The van der Waals surface area contributed by atoms with Gasteiger partial charge in [-0.25, -0.2) is 0 Å². The molecule has 2 aliphatic carbocycles. The fourth-order valence-electron chi connectivity index (χ4n) is 6.83. The Morgan fingerprint density at radius 2 is 1.69 bits per heavy atom. The van der Waals surface area contributed by atoms with E-state index in [4.69, 9.17) is 4.74 Å². The number of ether oxygens (including phenoxy) is 1. The standard InChI is InChI=1S/C31H46O5/c1-18(2)12-11-15-30(10)21(14-13-19(3)4)17-29(9)25(33)22-16-23(28(7,8)35)36-26(22)31(30,27(29)34)24(32)20(5)6/h12-13,20-21,23,35H,11,14-17H2,1-10H3/t21-,23+,29+,30+,31-/m0/s1. The van der Waals surface area contributed by atoms with Crippen LogP contribution in [0, 0.1) is 28.1 Å². The van der Waals surface area contributed by atoms with E-state index in [1.54, 1.807) is 20.8 Å². The van der Waals surface area contributed by atoms with Crippen LogP contribution < -0.4 is 0 Å². The van der Waals surface area contributed by atoms with Crippen molar-refractivity contribution in [2.45, 2.75) is 113 Å². The maximum absolute atomic E-state index is 14.7. The Hall–Kier alpha value is -2.01. The molecule has 0 spiro atoms. The number of fused-ring (bicyclic) bond motifs is 3. The van der Waals surface area contributed by atoms with Gasteiger partial charge in [0.25, 0.3) is 0 Å². The van der Waals surface area contributed by atoms with Crippen LogP contribution in [0.25, 0.3) is 0 Å².